The summed E-state index contributed by atoms with van der Waals surface area (Å²) in [5, 5.41) is 4.98. The molecule has 0 spiro atoms. The van der Waals surface area contributed by atoms with E-state index in [0.717, 1.165) is 22.3 Å². The fraction of sp³-hybridized carbons (Fsp3) is 0.114. The van der Waals surface area contributed by atoms with E-state index in [0.29, 0.717) is 4.47 Å². The Morgan fingerprint density at radius 3 is 1.16 bits per heavy atom. The van der Waals surface area contributed by atoms with Gasteiger partial charge in [0.05, 0.1) is 22.8 Å². The maximum atomic E-state index is 13.6. The van der Waals surface area contributed by atoms with Crippen LogP contribution in [0.4, 0.5) is 0 Å². The van der Waals surface area contributed by atoms with E-state index in [9.17, 15) is 9.59 Å². The molecule has 2 N–H and O–H groups in total. The average Bonchev–Trinajstić information content (AvgIpc) is 3.06. The Labute approximate surface area is 269 Å². The number of alkyl halides is 2. The normalized spacial score (nSPS) is 13.7. The topological polar surface area (TPSA) is 71.1 Å². The molecule has 1 aromatic heterocycles. The van der Waals surface area contributed by atoms with Crippen LogP contribution in [-0.2, 0) is 0 Å². The Balaban J connectivity index is 1.41. The number of carbonyl (C=O) groups excluding carboxylic acids is 2. The van der Waals surface area contributed by atoms with Crippen LogP contribution in [-0.4, -0.2) is 16.8 Å². The van der Waals surface area contributed by atoms with Crippen molar-refractivity contribution in [2.45, 2.75) is 22.8 Å². The summed E-state index contributed by atoms with van der Waals surface area (Å²) in [5.74, 6) is -0.935. The standard InChI is InChI=1S/C35H28BrCl2N3O2/c36-27-21-28(34(42)40-32(25-17-9-3-10-18-25)30(37)23-13-5-1-6-14-23)39-29(22-27)35(43)41-33(26-19-11-4-12-20-26)31(38)24-15-7-2-8-16-24/h1-22,30-33H,(H,40,42)(H,41,43)/t30-,31-,32-,33-/m0/s1. The van der Waals surface area contributed by atoms with Gasteiger partial charge in [0.1, 0.15) is 11.4 Å². The Hall–Kier alpha value is -3.97. The maximum absolute atomic E-state index is 13.6. The highest BCUT2D eigenvalue weighted by atomic mass is 79.9. The van der Waals surface area contributed by atoms with Gasteiger partial charge in [-0.25, -0.2) is 4.98 Å². The van der Waals surface area contributed by atoms with E-state index in [1.807, 2.05) is 121 Å². The summed E-state index contributed by atoms with van der Waals surface area (Å²) >= 11 is 17.3. The van der Waals surface area contributed by atoms with E-state index in [-0.39, 0.29) is 11.4 Å². The summed E-state index contributed by atoms with van der Waals surface area (Å²) in [6, 6.07) is 40.2. The van der Waals surface area contributed by atoms with Gasteiger partial charge in [-0.3, -0.25) is 9.59 Å². The number of benzene rings is 4. The monoisotopic (exact) mass is 671 g/mol. The van der Waals surface area contributed by atoms with Crippen LogP contribution in [0.3, 0.4) is 0 Å². The third-order valence-electron chi connectivity index (χ3n) is 6.97. The second kappa shape index (κ2) is 14.5. The Kier molecular flexibility index (Phi) is 10.3. The lowest BCUT2D eigenvalue weighted by Crippen LogP contribution is -2.34. The molecule has 43 heavy (non-hydrogen) atoms. The smallest absolute Gasteiger partial charge is 0.270 e. The molecule has 5 nitrogen and oxygen atoms in total. The van der Waals surface area contributed by atoms with E-state index in [2.05, 4.69) is 31.5 Å². The summed E-state index contributed by atoms with van der Waals surface area (Å²) in [4.78, 5) is 31.7. The average molecular weight is 673 g/mol. The van der Waals surface area contributed by atoms with Crippen molar-refractivity contribution >= 4 is 50.9 Å². The molecule has 0 saturated carbocycles. The minimum absolute atomic E-state index is 0.0686. The summed E-state index contributed by atoms with van der Waals surface area (Å²) in [5.41, 5.74) is 3.54. The lowest BCUT2D eigenvalue weighted by Gasteiger charge is -2.25. The van der Waals surface area contributed by atoms with Crippen LogP contribution in [0.15, 0.2) is 138 Å². The first-order valence-corrected chi connectivity index (χ1v) is 15.3. The fourth-order valence-corrected chi connectivity index (χ4v) is 5.93. The van der Waals surface area contributed by atoms with Crippen molar-refractivity contribution in [2.24, 2.45) is 0 Å². The third kappa shape index (κ3) is 7.71. The van der Waals surface area contributed by atoms with Crippen LogP contribution < -0.4 is 10.6 Å². The lowest BCUT2D eigenvalue weighted by atomic mass is 9.98. The van der Waals surface area contributed by atoms with Gasteiger partial charge in [-0.1, -0.05) is 137 Å². The number of rotatable bonds is 10. The number of nitrogens with one attached hydrogen (secondary N) is 2. The van der Waals surface area contributed by atoms with Crippen LogP contribution in [0.1, 0.15) is 66.1 Å². The molecule has 4 aromatic carbocycles. The highest BCUT2D eigenvalue weighted by Gasteiger charge is 2.28. The van der Waals surface area contributed by atoms with E-state index >= 15 is 0 Å². The predicted molar refractivity (Wildman–Crippen MR) is 175 cm³/mol. The number of hydrogen-bond donors (Lipinski definition) is 2. The molecule has 216 valence electrons. The molecule has 2 amide bonds. The Morgan fingerprint density at radius 1 is 0.535 bits per heavy atom. The van der Waals surface area contributed by atoms with E-state index < -0.39 is 34.7 Å². The molecule has 1 heterocycles. The van der Waals surface area contributed by atoms with Gasteiger partial charge in [0.2, 0.25) is 0 Å². The first-order chi connectivity index (χ1) is 20.9. The number of aromatic nitrogens is 1. The van der Waals surface area contributed by atoms with Gasteiger partial charge in [0, 0.05) is 4.47 Å². The number of pyridine rings is 1. The first kappa shape index (κ1) is 30.5. The largest absolute Gasteiger partial charge is 0.342 e. The van der Waals surface area contributed by atoms with Crippen molar-refractivity contribution in [3.05, 3.63) is 172 Å². The second-order valence-corrected chi connectivity index (χ2v) is 11.8. The molecule has 5 aromatic rings. The van der Waals surface area contributed by atoms with Crippen LogP contribution in [0.25, 0.3) is 0 Å². The molecule has 0 aliphatic rings. The van der Waals surface area contributed by atoms with Crippen molar-refractivity contribution < 1.29 is 9.59 Å². The SMILES string of the molecule is O=C(N[C@@H](c1ccccc1)[C@@H](Cl)c1ccccc1)c1cc(Br)cc(C(=O)N[C@@H](c2ccccc2)[C@@H](Cl)c2ccccc2)n1. The lowest BCUT2D eigenvalue weighted by molar-refractivity contribution is 0.0925. The fourth-order valence-electron chi connectivity index (χ4n) is 4.79. The molecule has 4 atom stereocenters. The molecule has 0 fully saturated rings. The predicted octanol–water partition coefficient (Wildman–Crippen LogP) is 8.75. The number of nitrogens with zero attached hydrogens (tertiary/aromatic N) is 1. The molecule has 8 heteroatoms. The van der Waals surface area contributed by atoms with Gasteiger partial charge < -0.3 is 10.6 Å². The van der Waals surface area contributed by atoms with E-state index in [1.54, 1.807) is 12.1 Å². The highest BCUT2D eigenvalue weighted by molar-refractivity contribution is 9.10. The summed E-state index contributed by atoms with van der Waals surface area (Å²) in [7, 11) is 0. The zero-order chi connectivity index (χ0) is 30.2. The van der Waals surface area contributed by atoms with Gasteiger partial charge in [-0.2, -0.15) is 0 Å². The van der Waals surface area contributed by atoms with Crippen molar-refractivity contribution in [1.82, 2.24) is 15.6 Å². The Bertz CT molecular complexity index is 1540. The van der Waals surface area contributed by atoms with Gasteiger partial charge >= 0.3 is 0 Å². The second-order valence-electron chi connectivity index (χ2n) is 9.90. The minimum atomic E-state index is -0.554. The molecule has 0 aliphatic carbocycles. The molecule has 0 bridgehead atoms. The summed E-state index contributed by atoms with van der Waals surface area (Å²) < 4.78 is 0.529. The summed E-state index contributed by atoms with van der Waals surface area (Å²) in [6.07, 6.45) is 0. The minimum Gasteiger partial charge on any atom is -0.342 e. The number of amides is 2. The molecular formula is C35H28BrCl2N3O2. The zero-order valence-corrected chi connectivity index (χ0v) is 26.0. The molecule has 0 saturated heterocycles. The van der Waals surface area contributed by atoms with Crippen LogP contribution in [0.2, 0.25) is 0 Å². The van der Waals surface area contributed by atoms with E-state index in [1.165, 1.54) is 0 Å². The van der Waals surface area contributed by atoms with Crippen molar-refractivity contribution in [1.29, 1.82) is 0 Å². The van der Waals surface area contributed by atoms with Gasteiger partial charge in [-0.05, 0) is 34.4 Å². The Morgan fingerprint density at radius 2 is 0.837 bits per heavy atom. The number of carbonyl (C=O) groups is 2. The molecular weight excluding hydrogens is 645 g/mol. The van der Waals surface area contributed by atoms with Crippen molar-refractivity contribution in [2.75, 3.05) is 0 Å². The highest BCUT2D eigenvalue weighted by Crippen LogP contribution is 2.36. The molecule has 0 unspecified atom stereocenters. The van der Waals surface area contributed by atoms with Crippen LogP contribution in [0, 0.1) is 0 Å². The van der Waals surface area contributed by atoms with Crippen molar-refractivity contribution in [3.8, 4) is 0 Å². The quantitative estimate of drug-likeness (QED) is 0.146. The van der Waals surface area contributed by atoms with Crippen LogP contribution >= 0.6 is 39.1 Å². The number of halogens is 3. The summed E-state index contributed by atoms with van der Waals surface area (Å²) in [6.45, 7) is 0. The van der Waals surface area contributed by atoms with Crippen LogP contribution in [0.5, 0.6) is 0 Å². The third-order valence-corrected chi connectivity index (χ3v) is 8.43. The molecule has 0 radical (unpaired) electrons. The zero-order valence-electron chi connectivity index (χ0n) is 22.9. The maximum Gasteiger partial charge on any atom is 0.270 e. The first-order valence-electron chi connectivity index (χ1n) is 13.7. The molecule has 5 rings (SSSR count). The molecule has 0 aliphatic heterocycles. The number of hydrogen-bond acceptors (Lipinski definition) is 3. The van der Waals surface area contributed by atoms with Gasteiger partial charge in [0.15, 0.2) is 0 Å². The van der Waals surface area contributed by atoms with Crippen molar-refractivity contribution in [3.63, 3.8) is 0 Å². The van der Waals surface area contributed by atoms with Gasteiger partial charge in [0.25, 0.3) is 11.8 Å². The van der Waals surface area contributed by atoms with Gasteiger partial charge in [-0.15, -0.1) is 23.2 Å². The van der Waals surface area contributed by atoms with E-state index in [4.69, 9.17) is 23.2 Å².